The van der Waals surface area contributed by atoms with Gasteiger partial charge in [-0.3, -0.25) is 14.3 Å². The van der Waals surface area contributed by atoms with Crippen molar-refractivity contribution in [2.75, 3.05) is 6.54 Å². The molecule has 1 saturated carbocycles. The van der Waals surface area contributed by atoms with Crippen molar-refractivity contribution < 1.29 is 4.79 Å². The monoisotopic (exact) mass is 329 g/mol. The number of amides is 1. The second-order valence-corrected chi connectivity index (χ2v) is 7.21. The van der Waals surface area contributed by atoms with E-state index in [1.807, 2.05) is 18.3 Å². The summed E-state index contributed by atoms with van der Waals surface area (Å²) >= 11 is 1.55. The summed E-state index contributed by atoms with van der Waals surface area (Å²) in [4.78, 5) is 16.4. The molecule has 2 fully saturated rings. The van der Waals surface area contributed by atoms with Crippen LogP contribution >= 0.6 is 11.8 Å². The number of carbonyl (C=O) groups is 1. The quantitative estimate of drug-likeness (QED) is 0.933. The summed E-state index contributed by atoms with van der Waals surface area (Å²) in [5.41, 5.74) is 0.976. The lowest BCUT2D eigenvalue weighted by molar-refractivity contribution is -0.120. The molecule has 1 amide bonds. The summed E-state index contributed by atoms with van der Waals surface area (Å²) in [5.74, 6) is 0.984. The molecule has 0 aromatic carbocycles. The summed E-state index contributed by atoms with van der Waals surface area (Å²) in [7, 11) is 0. The minimum atomic E-state index is -0.0686. The van der Waals surface area contributed by atoms with Crippen LogP contribution in [0.5, 0.6) is 0 Å². The minimum Gasteiger partial charge on any atom is -0.355 e. The third-order valence-corrected chi connectivity index (χ3v) is 5.45. The van der Waals surface area contributed by atoms with Crippen molar-refractivity contribution >= 4 is 17.7 Å². The molecule has 0 spiro atoms. The molecule has 1 saturated heterocycles. The SMILES string of the molecule is O=C1NCCCC[C@H]1Sc1nnc(-c2cccnc2)n1C1CC1. The highest BCUT2D eigenvalue weighted by Gasteiger charge is 2.32. The fourth-order valence-electron chi connectivity index (χ4n) is 2.86. The number of carbonyl (C=O) groups excluding carboxylic acids is 1. The van der Waals surface area contributed by atoms with Gasteiger partial charge in [-0.05, 0) is 37.8 Å². The molecule has 4 rings (SSSR count). The van der Waals surface area contributed by atoms with E-state index in [9.17, 15) is 4.79 Å². The van der Waals surface area contributed by atoms with Gasteiger partial charge in [0.25, 0.3) is 0 Å². The van der Waals surface area contributed by atoms with Gasteiger partial charge in [-0.2, -0.15) is 0 Å². The van der Waals surface area contributed by atoms with Gasteiger partial charge in [0.1, 0.15) is 0 Å². The van der Waals surface area contributed by atoms with Crippen molar-refractivity contribution in [2.24, 2.45) is 0 Å². The first-order chi connectivity index (χ1) is 11.3. The largest absolute Gasteiger partial charge is 0.355 e. The highest BCUT2D eigenvalue weighted by Crippen LogP contribution is 2.42. The van der Waals surface area contributed by atoms with Gasteiger partial charge in [-0.15, -0.1) is 10.2 Å². The van der Waals surface area contributed by atoms with Crippen molar-refractivity contribution in [2.45, 2.75) is 48.6 Å². The molecule has 0 unspecified atom stereocenters. The van der Waals surface area contributed by atoms with E-state index in [-0.39, 0.29) is 11.2 Å². The number of nitrogens with one attached hydrogen (secondary N) is 1. The third-order valence-electron chi connectivity index (χ3n) is 4.23. The highest BCUT2D eigenvalue weighted by atomic mass is 32.2. The van der Waals surface area contributed by atoms with Crippen LogP contribution in [0.15, 0.2) is 29.7 Å². The molecule has 3 heterocycles. The molecule has 2 aliphatic rings. The van der Waals surface area contributed by atoms with Crippen LogP contribution in [0, 0.1) is 0 Å². The molecule has 2 aromatic rings. The second kappa shape index (κ2) is 6.31. The Balaban J connectivity index is 1.64. The maximum atomic E-state index is 12.2. The maximum absolute atomic E-state index is 12.2. The first-order valence-corrected chi connectivity index (χ1v) is 9.00. The van der Waals surface area contributed by atoms with Gasteiger partial charge >= 0.3 is 0 Å². The lowest BCUT2D eigenvalue weighted by Crippen LogP contribution is -2.30. The van der Waals surface area contributed by atoms with Crippen LogP contribution in [0.3, 0.4) is 0 Å². The van der Waals surface area contributed by atoms with Crippen LogP contribution < -0.4 is 5.32 Å². The Bertz CT molecular complexity index is 698. The van der Waals surface area contributed by atoms with E-state index in [0.29, 0.717) is 6.04 Å². The number of nitrogens with zero attached hydrogens (tertiary/aromatic N) is 4. The van der Waals surface area contributed by atoms with Gasteiger partial charge in [0.2, 0.25) is 5.91 Å². The fourth-order valence-corrected chi connectivity index (χ4v) is 4.03. The molecular formula is C16H19N5OS. The van der Waals surface area contributed by atoms with E-state index in [1.165, 1.54) is 0 Å². The molecule has 23 heavy (non-hydrogen) atoms. The van der Waals surface area contributed by atoms with Crippen molar-refractivity contribution in [3.05, 3.63) is 24.5 Å². The maximum Gasteiger partial charge on any atom is 0.233 e. The number of aromatic nitrogens is 4. The zero-order chi connectivity index (χ0) is 15.6. The normalized spacial score (nSPS) is 21.7. The van der Waals surface area contributed by atoms with Gasteiger partial charge < -0.3 is 5.32 Å². The first-order valence-electron chi connectivity index (χ1n) is 8.12. The summed E-state index contributed by atoms with van der Waals surface area (Å²) in [6, 6.07) is 4.37. The van der Waals surface area contributed by atoms with Crippen molar-refractivity contribution in [3.8, 4) is 11.4 Å². The summed E-state index contributed by atoms with van der Waals surface area (Å²) in [6.07, 6.45) is 8.90. The van der Waals surface area contributed by atoms with Crippen LogP contribution in [0.2, 0.25) is 0 Å². The topological polar surface area (TPSA) is 72.7 Å². The average Bonchev–Trinajstić information content (AvgIpc) is 3.36. The van der Waals surface area contributed by atoms with Crippen LogP contribution in [0.25, 0.3) is 11.4 Å². The van der Waals surface area contributed by atoms with E-state index < -0.39 is 0 Å². The van der Waals surface area contributed by atoms with Gasteiger partial charge in [-0.1, -0.05) is 18.2 Å². The molecule has 1 atom stereocenters. The standard InChI is InChI=1S/C16H19N5OS/c22-15-13(5-1-2-9-18-15)23-16-20-19-14(21(16)12-6-7-12)11-4-3-8-17-10-11/h3-4,8,10,12-13H,1-2,5-7,9H2,(H,18,22)/t13-/m1/s1. The van der Waals surface area contributed by atoms with Gasteiger partial charge in [-0.25, -0.2) is 0 Å². The minimum absolute atomic E-state index is 0.0686. The van der Waals surface area contributed by atoms with Crippen molar-refractivity contribution in [1.82, 2.24) is 25.1 Å². The zero-order valence-electron chi connectivity index (χ0n) is 12.8. The van der Waals surface area contributed by atoms with E-state index in [2.05, 4.69) is 25.1 Å². The number of hydrogen-bond acceptors (Lipinski definition) is 5. The molecule has 120 valence electrons. The van der Waals surface area contributed by atoms with Crippen LogP contribution in [0.4, 0.5) is 0 Å². The number of rotatable bonds is 4. The Hall–Kier alpha value is -1.89. The fraction of sp³-hybridized carbons (Fsp3) is 0.500. The van der Waals surface area contributed by atoms with Crippen molar-refractivity contribution in [3.63, 3.8) is 0 Å². The Morgan fingerprint density at radius 1 is 1.22 bits per heavy atom. The molecule has 1 N–H and O–H groups in total. The summed E-state index contributed by atoms with van der Waals surface area (Å²) < 4.78 is 2.19. The highest BCUT2D eigenvalue weighted by molar-refractivity contribution is 8.00. The lowest BCUT2D eigenvalue weighted by Gasteiger charge is -2.13. The number of pyridine rings is 1. The van der Waals surface area contributed by atoms with E-state index >= 15 is 0 Å². The zero-order valence-corrected chi connectivity index (χ0v) is 13.6. The first kappa shape index (κ1) is 14.7. The Morgan fingerprint density at radius 3 is 2.91 bits per heavy atom. The molecule has 0 bridgehead atoms. The number of hydrogen-bond donors (Lipinski definition) is 1. The van der Waals surface area contributed by atoms with Crippen LogP contribution in [-0.2, 0) is 4.79 Å². The van der Waals surface area contributed by atoms with E-state index in [1.54, 1.807) is 18.0 Å². The number of thioether (sulfide) groups is 1. The third kappa shape index (κ3) is 3.10. The molecular weight excluding hydrogens is 310 g/mol. The predicted octanol–water partition coefficient (Wildman–Crippen LogP) is 2.44. The molecule has 1 aliphatic heterocycles. The van der Waals surface area contributed by atoms with Crippen molar-refractivity contribution in [1.29, 1.82) is 0 Å². The Kier molecular flexibility index (Phi) is 4.03. The average molecular weight is 329 g/mol. The molecule has 1 aliphatic carbocycles. The summed E-state index contributed by atoms with van der Waals surface area (Å²) in [6.45, 7) is 0.784. The van der Waals surface area contributed by atoms with Gasteiger partial charge in [0, 0.05) is 30.5 Å². The Labute approximate surface area is 139 Å². The van der Waals surface area contributed by atoms with E-state index in [0.717, 1.165) is 55.2 Å². The van der Waals surface area contributed by atoms with Crippen LogP contribution in [-0.4, -0.2) is 37.5 Å². The van der Waals surface area contributed by atoms with Gasteiger partial charge in [0.05, 0.1) is 5.25 Å². The molecule has 7 heteroatoms. The predicted molar refractivity (Wildman–Crippen MR) is 88.0 cm³/mol. The van der Waals surface area contributed by atoms with Crippen LogP contribution in [0.1, 0.15) is 38.1 Å². The second-order valence-electron chi connectivity index (χ2n) is 6.04. The summed E-state index contributed by atoms with van der Waals surface area (Å²) in [5, 5.41) is 12.5. The van der Waals surface area contributed by atoms with E-state index in [4.69, 9.17) is 0 Å². The Morgan fingerprint density at radius 2 is 2.13 bits per heavy atom. The molecule has 2 aromatic heterocycles. The molecule has 6 nitrogen and oxygen atoms in total. The lowest BCUT2D eigenvalue weighted by atomic mass is 10.2. The van der Waals surface area contributed by atoms with Gasteiger partial charge in [0.15, 0.2) is 11.0 Å². The molecule has 0 radical (unpaired) electrons. The smallest absolute Gasteiger partial charge is 0.233 e.